The molecule has 6 heteroatoms. The van der Waals surface area contributed by atoms with E-state index in [9.17, 15) is 13.2 Å². The van der Waals surface area contributed by atoms with E-state index in [1.807, 2.05) is 32.9 Å². The van der Waals surface area contributed by atoms with Gasteiger partial charge in [0.05, 0.1) is 10.6 Å². The summed E-state index contributed by atoms with van der Waals surface area (Å²) in [4.78, 5) is 15.1. The summed E-state index contributed by atoms with van der Waals surface area (Å²) in [6.45, 7) is 9.08. The summed E-state index contributed by atoms with van der Waals surface area (Å²) in [5, 5.41) is 0. The second-order valence-electron chi connectivity index (χ2n) is 8.13. The van der Waals surface area contributed by atoms with Crippen molar-refractivity contribution in [3.8, 4) is 0 Å². The first-order valence-corrected chi connectivity index (χ1v) is 11.6. The number of hydrogen-bond donors (Lipinski definition) is 0. The van der Waals surface area contributed by atoms with Gasteiger partial charge in [-0.15, -0.1) is 0 Å². The number of rotatable bonds is 5. The molecule has 1 atom stereocenters. The molecule has 1 aliphatic rings. The van der Waals surface area contributed by atoms with Crippen LogP contribution in [0.25, 0.3) is 0 Å². The van der Waals surface area contributed by atoms with Gasteiger partial charge in [-0.2, -0.15) is 0 Å². The molecule has 2 aromatic rings. The molecule has 0 saturated carbocycles. The van der Waals surface area contributed by atoms with E-state index in [4.69, 9.17) is 0 Å². The summed E-state index contributed by atoms with van der Waals surface area (Å²) in [7, 11) is -3.87. The van der Waals surface area contributed by atoms with E-state index in [-0.39, 0.29) is 17.3 Å². The highest BCUT2D eigenvalue weighted by molar-refractivity contribution is 7.92. The third-order valence-electron chi connectivity index (χ3n) is 5.74. The van der Waals surface area contributed by atoms with Crippen LogP contribution < -0.4 is 4.31 Å². The Labute approximate surface area is 174 Å². The lowest BCUT2D eigenvalue weighted by Gasteiger charge is -2.33. The number of amides is 1. The Bertz CT molecular complexity index is 984. The number of aryl methyl sites for hydroxylation is 2. The van der Waals surface area contributed by atoms with Gasteiger partial charge in [0, 0.05) is 13.1 Å². The molecule has 1 saturated heterocycles. The minimum absolute atomic E-state index is 0.145. The molecule has 0 bridgehead atoms. The van der Waals surface area contributed by atoms with Gasteiger partial charge < -0.3 is 4.90 Å². The van der Waals surface area contributed by atoms with Crippen LogP contribution in [-0.4, -0.2) is 38.9 Å². The average Bonchev–Trinajstić information content (AvgIpc) is 2.68. The van der Waals surface area contributed by atoms with Crippen LogP contribution in [0.3, 0.4) is 0 Å². The molecule has 0 spiro atoms. The molecule has 1 amide bonds. The van der Waals surface area contributed by atoms with E-state index in [1.165, 1.54) is 4.31 Å². The Morgan fingerprint density at radius 3 is 2.45 bits per heavy atom. The SMILES string of the molecule is Cc1ccc(S(=O)(=O)N(CC(=O)N2CCC[C@H](C)C2)c2cccc(C)c2C)cc1. The van der Waals surface area contributed by atoms with Crippen molar-refractivity contribution in [3.63, 3.8) is 0 Å². The van der Waals surface area contributed by atoms with Crippen molar-refractivity contribution in [2.45, 2.75) is 45.4 Å². The van der Waals surface area contributed by atoms with Crippen molar-refractivity contribution in [3.05, 3.63) is 59.2 Å². The van der Waals surface area contributed by atoms with Crippen LogP contribution in [0.5, 0.6) is 0 Å². The number of hydrogen-bond acceptors (Lipinski definition) is 3. The maximum Gasteiger partial charge on any atom is 0.264 e. The van der Waals surface area contributed by atoms with E-state index in [1.54, 1.807) is 35.2 Å². The molecule has 0 aromatic heterocycles. The zero-order valence-electron chi connectivity index (χ0n) is 17.7. The average molecular weight is 415 g/mol. The highest BCUT2D eigenvalue weighted by Gasteiger charge is 2.31. The van der Waals surface area contributed by atoms with Crippen molar-refractivity contribution < 1.29 is 13.2 Å². The molecular weight excluding hydrogens is 384 g/mol. The van der Waals surface area contributed by atoms with E-state index in [2.05, 4.69) is 6.92 Å². The molecule has 29 heavy (non-hydrogen) atoms. The lowest BCUT2D eigenvalue weighted by molar-refractivity contribution is -0.131. The number of piperidine rings is 1. The summed E-state index contributed by atoms with van der Waals surface area (Å²) in [6, 6.07) is 12.3. The van der Waals surface area contributed by atoms with Crippen LogP contribution in [0, 0.1) is 26.7 Å². The normalized spacial score (nSPS) is 17.2. The van der Waals surface area contributed by atoms with Gasteiger partial charge in [0.15, 0.2) is 0 Å². The smallest absolute Gasteiger partial charge is 0.264 e. The molecule has 1 aliphatic heterocycles. The third-order valence-corrected chi connectivity index (χ3v) is 7.52. The van der Waals surface area contributed by atoms with Crippen LogP contribution >= 0.6 is 0 Å². The van der Waals surface area contributed by atoms with Crippen molar-refractivity contribution in [2.24, 2.45) is 5.92 Å². The fourth-order valence-corrected chi connectivity index (χ4v) is 5.25. The van der Waals surface area contributed by atoms with Crippen molar-refractivity contribution >= 4 is 21.6 Å². The molecule has 2 aromatic carbocycles. The topological polar surface area (TPSA) is 57.7 Å². The summed E-state index contributed by atoms with van der Waals surface area (Å²) in [6.07, 6.45) is 2.06. The highest BCUT2D eigenvalue weighted by atomic mass is 32.2. The van der Waals surface area contributed by atoms with E-state index in [0.717, 1.165) is 29.5 Å². The summed E-state index contributed by atoms with van der Waals surface area (Å²) < 4.78 is 28.4. The first-order chi connectivity index (χ1) is 13.7. The maximum absolute atomic E-state index is 13.5. The molecule has 0 radical (unpaired) electrons. The van der Waals surface area contributed by atoms with Crippen LogP contribution in [0.1, 0.15) is 36.5 Å². The molecular formula is C23H30N2O3S. The van der Waals surface area contributed by atoms with E-state index >= 15 is 0 Å². The summed E-state index contributed by atoms with van der Waals surface area (Å²) >= 11 is 0. The highest BCUT2D eigenvalue weighted by Crippen LogP contribution is 2.29. The van der Waals surface area contributed by atoms with Crippen molar-refractivity contribution in [1.29, 1.82) is 0 Å². The van der Waals surface area contributed by atoms with Crippen LogP contribution in [-0.2, 0) is 14.8 Å². The number of sulfonamides is 1. The number of likely N-dealkylation sites (tertiary alicyclic amines) is 1. The van der Waals surface area contributed by atoms with E-state index < -0.39 is 10.0 Å². The zero-order valence-corrected chi connectivity index (χ0v) is 18.5. The Hall–Kier alpha value is -2.34. The zero-order chi connectivity index (χ0) is 21.2. The molecule has 5 nitrogen and oxygen atoms in total. The Morgan fingerprint density at radius 2 is 1.79 bits per heavy atom. The molecule has 0 unspecified atom stereocenters. The number of benzene rings is 2. The fraction of sp³-hybridized carbons (Fsp3) is 0.435. The quantitative estimate of drug-likeness (QED) is 0.741. The van der Waals surface area contributed by atoms with Crippen molar-refractivity contribution in [1.82, 2.24) is 4.90 Å². The minimum atomic E-state index is -3.87. The number of nitrogens with zero attached hydrogens (tertiary/aromatic N) is 2. The maximum atomic E-state index is 13.5. The van der Waals surface area contributed by atoms with Crippen molar-refractivity contribution in [2.75, 3.05) is 23.9 Å². The first-order valence-electron chi connectivity index (χ1n) is 10.1. The Kier molecular flexibility index (Phi) is 6.32. The lowest BCUT2D eigenvalue weighted by Crippen LogP contribution is -2.46. The third kappa shape index (κ3) is 4.64. The first kappa shape index (κ1) is 21.4. The molecule has 156 valence electrons. The summed E-state index contributed by atoms with van der Waals surface area (Å²) in [5.74, 6) is 0.295. The van der Waals surface area contributed by atoms with E-state index in [0.29, 0.717) is 24.7 Å². The summed E-state index contributed by atoms with van der Waals surface area (Å²) in [5.41, 5.74) is 3.40. The van der Waals surface area contributed by atoms with Gasteiger partial charge in [-0.3, -0.25) is 9.10 Å². The van der Waals surface area contributed by atoms with Gasteiger partial charge >= 0.3 is 0 Å². The number of anilines is 1. The van der Waals surface area contributed by atoms with Gasteiger partial charge in [0.1, 0.15) is 6.54 Å². The molecule has 3 rings (SSSR count). The molecule has 1 heterocycles. The van der Waals surface area contributed by atoms with Gasteiger partial charge in [-0.25, -0.2) is 8.42 Å². The van der Waals surface area contributed by atoms with Gasteiger partial charge in [0.25, 0.3) is 10.0 Å². The predicted molar refractivity (Wildman–Crippen MR) is 117 cm³/mol. The van der Waals surface area contributed by atoms with Crippen LogP contribution in [0.2, 0.25) is 0 Å². The number of carbonyl (C=O) groups is 1. The fourth-order valence-electron chi connectivity index (χ4n) is 3.78. The molecule has 0 N–H and O–H groups in total. The van der Waals surface area contributed by atoms with Crippen LogP contribution in [0.4, 0.5) is 5.69 Å². The second-order valence-corrected chi connectivity index (χ2v) is 9.99. The van der Waals surface area contributed by atoms with Gasteiger partial charge in [-0.1, -0.05) is 36.8 Å². The predicted octanol–water partition coefficient (Wildman–Crippen LogP) is 4.07. The van der Waals surface area contributed by atoms with Gasteiger partial charge in [-0.05, 0) is 68.9 Å². The standard InChI is InChI=1S/C23H30N2O3S/c1-17-10-12-21(13-11-17)29(27,28)25(22-9-5-8-19(3)20(22)4)16-23(26)24-14-6-7-18(2)15-24/h5,8-13,18H,6-7,14-16H2,1-4H3/t18-/m0/s1. The lowest BCUT2D eigenvalue weighted by atomic mass is 10.0. The molecule has 0 aliphatic carbocycles. The second kappa shape index (κ2) is 8.57. The Morgan fingerprint density at radius 1 is 1.10 bits per heavy atom. The minimum Gasteiger partial charge on any atom is -0.341 e. The Balaban J connectivity index is 2.01. The monoisotopic (exact) mass is 414 g/mol. The van der Waals surface area contributed by atoms with Gasteiger partial charge in [0.2, 0.25) is 5.91 Å². The van der Waals surface area contributed by atoms with Crippen LogP contribution in [0.15, 0.2) is 47.4 Å². The molecule has 1 fully saturated rings. The largest absolute Gasteiger partial charge is 0.341 e. The number of carbonyl (C=O) groups excluding carboxylic acids is 1.